The van der Waals surface area contributed by atoms with Crippen molar-refractivity contribution in [1.82, 2.24) is 5.32 Å². The molecule has 0 aliphatic carbocycles. The van der Waals surface area contributed by atoms with Crippen LogP contribution < -0.4 is 5.32 Å². The van der Waals surface area contributed by atoms with Gasteiger partial charge in [-0.15, -0.1) is 0 Å². The third kappa shape index (κ3) is 1.35. The lowest BCUT2D eigenvalue weighted by molar-refractivity contribution is 0.664. The molecule has 1 N–H and O–H groups in total. The predicted molar refractivity (Wildman–Crippen MR) is 34.8 cm³/mol. The zero-order valence-corrected chi connectivity index (χ0v) is 5.25. The van der Waals surface area contributed by atoms with Gasteiger partial charge >= 0.3 is 0 Å². The fourth-order valence-electron chi connectivity index (χ4n) is 0.870. The molecule has 1 atom stereocenters. The van der Waals surface area contributed by atoms with Gasteiger partial charge in [0.1, 0.15) is 0 Å². The third-order valence-corrected chi connectivity index (χ3v) is 1.94. The van der Waals surface area contributed by atoms with Crippen molar-refractivity contribution in [2.24, 2.45) is 5.92 Å². The van der Waals surface area contributed by atoms with E-state index in [-0.39, 0.29) is 0 Å². The summed E-state index contributed by atoms with van der Waals surface area (Å²) in [6.07, 6.45) is 1.32. The maximum Gasteiger partial charge on any atom is -0.00122 e. The molecule has 0 aromatic carbocycles. The van der Waals surface area contributed by atoms with Crippen LogP contribution in [0.3, 0.4) is 0 Å². The zero-order valence-electron chi connectivity index (χ0n) is 4.35. The van der Waals surface area contributed by atoms with Crippen molar-refractivity contribution in [1.29, 1.82) is 0 Å². The molecule has 1 saturated heterocycles. The molecule has 2 heteroatoms. The van der Waals surface area contributed by atoms with Crippen molar-refractivity contribution < 1.29 is 0 Å². The van der Waals surface area contributed by atoms with Gasteiger partial charge in [0, 0.05) is 0 Å². The maximum absolute atomic E-state index is 4.18. The van der Waals surface area contributed by atoms with Gasteiger partial charge in [0.15, 0.2) is 0 Å². The molecule has 7 heavy (non-hydrogen) atoms. The van der Waals surface area contributed by atoms with Crippen molar-refractivity contribution in [2.75, 3.05) is 18.8 Å². The lowest BCUT2D eigenvalue weighted by Crippen LogP contribution is -2.09. The molecule has 0 bridgehead atoms. The second-order valence-corrected chi connectivity index (χ2v) is 2.41. The SMILES string of the molecule is SC[C@H]1CCNC1. The summed E-state index contributed by atoms with van der Waals surface area (Å²) < 4.78 is 0. The highest BCUT2D eigenvalue weighted by molar-refractivity contribution is 7.80. The van der Waals surface area contributed by atoms with Crippen molar-refractivity contribution in [3.63, 3.8) is 0 Å². The monoisotopic (exact) mass is 117 g/mol. The molecule has 1 aliphatic rings. The highest BCUT2D eigenvalue weighted by Gasteiger charge is 2.10. The van der Waals surface area contributed by atoms with E-state index in [1.807, 2.05) is 0 Å². The standard InChI is InChI=1S/C5H11NS/c7-4-5-1-2-6-3-5/h5-7H,1-4H2/t5-/m0/s1. The first-order valence-corrected chi connectivity index (χ1v) is 3.38. The van der Waals surface area contributed by atoms with Gasteiger partial charge in [0.2, 0.25) is 0 Å². The quantitative estimate of drug-likeness (QED) is 0.477. The van der Waals surface area contributed by atoms with E-state index in [9.17, 15) is 0 Å². The average Bonchev–Trinajstić information content (AvgIpc) is 2.14. The molecule has 0 radical (unpaired) electrons. The van der Waals surface area contributed by atoms with E-state index in [1.54, 1.807) is 0 Å². The van der Waals surface area contributed by atoms with Crippen LogP contribution in [0.25, 0.3) is 0 Å². The van der Waals surface area contributed by atoms with Crippen molar-refractivity contribution in [3.8, 4) is 0 Å². The molecule has 42 valence electrons. The third-order valence-electron chi connectivity index (χ3n) is 1.42. The van der Waals surface area contributed by atoms with Crippen LogP contribution in [0.15, 0.2) is 0 Å². The summed E-state index contributed by atoms with van der Waals surface area (Å²) in [4.78, 5) is 0. The zero-order chi connectivity index (χ0) is 5.11. The highest BCUT2D eigenvalue weighted by Crippen LogP contribution is 2.07. The second kappa shape index (κ2) is 2.58. The minimum atomic E-state index is 0.850. The normalized spacial score (nSPS) is 31.3. The van der Waals surface area contributed by atoms with E-state index in [2.05, 4.69) is 17.9 Å². The highest BCUT2D eigenvalue weighted by atomic mass is 32.1. The van der Waals surface area contributed by atoms with Gasteiger partial charge in [-0.25, -0.2) is 0 Å². The van der Waals surface area contributed by atoms with E-state index in [4.69, 9.17) is 0 Å². The summed E-state index contributed by atoms with van der Waals surface area (Å²) in [6.45, 7) is 2.38. The smallest absolute Gasteiger partial charge is 0.00122 e. The van der Waals surface area contributed by atoms with Crippen LogP contribution in [-0.2, 0) is 0 Å². The van der Waals surface area contributed by atoms with Gasteiger partial charge in [-0.1, -0.05) is 0 Å². The molecule has 1 heterocycles. The van der Waals surface area contributed by atoms with Crippen molar-refractivity contribution >= 4 is 12.6 Å². The van der Waals surface area contributed by atoms with Gasteiger partial charge in [-0.3, -0.25) is 0 Å². The summed E-state index contributed by atoms with van der Waals surface area (Å²) in [7, 11) is 0. The van der Waals surface area contributed by atoms with Crippen LogP contribution in [0.4, 0.5) is 0 Å². The van der Waals surface area contributed by atoms with E-state index >= 15 is 0 Å². The molecular formula is C5H11NS. The maximum atomic E-state index is 4.18. The van der Waals surface area contributed by atoms with Crippen LogP contribution in [0.2, 0.25) is 0 Å². The van der Waals surface area contributed by atoms with Crippen LogP contribution in [-0.4, -0.2) is 18.8 Å². The first kappa shape index (κ1) is 5.45. The molecular weight excluding hydrogens is 106 g/mol. The van der Waals surface area contributed by atoms with Crippen LogP contribution in [0.1, 0.15) is 6.42 Å². The lowest BCUT2D eigenvalue weighted by atomic mass is 10.2. The van der Waals surface area contributed by atoms with E-state index < -0.39 is 0 Å². The number of rotatable bonds is 1. The van der Waals surface area contributed by atoms with E-state index in [0.29, 0.717) is 0 Å². The molecule has 1 nitrogen and oxygen atoms in total. The fraction of sp³-hybridized carbons (Fsp3) is 1.00. The first-order chi connectivity index (χ1) is 3.43. The minimum Gasteiger partial charge on any atom is -0.316 e. The minimum absolute atomic E-state index is 0.850. The molecule has 0 unspecified atom stereocenters. The Morgan fingerprint density at radius 3 is 2.86 bits per heavy atom. The number of hydrogen-bond donors (Lipinski definition) is 2. The molecule has 0 aromatic rings. The molecule has 0 amide bonds. The van der Waals surface area contributed by atoms with Crippen molar-refractivity contribution in [3.05, 3.63) is 0 Å². The molecule has 0 saturated carbocycles. The number of nitrogens with one attached hydrogen (secondary N) is 1. The molecule has 0 spiro atoms. The molecule has 1 aliphatic heterocycles. The van der Waals surface area contributed by atoms with Gasteiger partial charge in [-0.2, -0.15) is 12.6 Å². The first-order valence-electron chi connectivity index (χ1n) is 2.75. The lowest BCUT2D eigenvalue weighted by Gasteiger charge is -1.98. The number of thiol groups is 1. The Morgan fingerprint density at radius 2 is 2.57 bits per heavy atom. The molecule has 1 rings (SSSR count). The Labute approximate surface area is 49.9 Å². The summed E-state index contributed by atoms with van der Waals surface area (Å²) in [5.41, 5.74) is 0. The van der Waals surface area contributed by atoms with E-state index in [0.717, 1.165) is 11.7 Å². The average molecular weight is 117 g/mol. The number of hydrogen-bond acceptors (Lipinski definition) is 2. The van der Waals surface area contributed by atoms with Crippen molar-refractivity contribution in [2.45, 2.75) is 6.42 Å². The molecule has 1 fully saturated rings. The fourth-order valence-corrected chi connectivity index (χ4v) is 1.18. The van der Waals surface area contributed by atoms with Gasteiger partial charge < -0.3 is 5.32 Å². The van der Waals surface area contributed by atoms with Crippen LogP contribution in [0, 0.1) is 5.92 Å². The summed E-state index contributed by atoms with van der Waals surface area (Å²) >= 11 is 4.18. The second-order valence-electron chi connectivity index (χ2n) is 2.04. The van der Waals surface area contributed by atoms with Gasteiger partial charge in [-0.05, 0) is 31.2 Å². The summed E-state index contributed by atoms with van der Waals surface area (Å²) in [6, 6.07) is 0. The Balaban J connectivity index is 2.14. The summed E-state index contributed by atoms with van der Waals surface area (Å²) in [5.74, 6) is 1.90. The van der Waals surface area contributed by atoms with Gasteiger partial charge in [0.05, 0.1) is 0 Å². The predicted octanol–water partition coefficient (Wildman–Crippen LogP) is 0.526. The van der Waals surface area contributed by atoms with E-state index in [1.165, 1.54) is 19.5 Å². The Kier molecular flexibility index (Phi) is 2.00. The van der Waals surface area contributed by atoms with Gasteiger partial charge in [0.25, 0.3) is 0 Å². The Hall–Kier alpha value is 0.310. The Bertz CT molecular complexity index is 50.0. The summed E-state index contributed by atoms with van der Waals surface area (Å²) in [5, 5.41) is 3.27. The Morgan fingerprint density at radius 1 is 1.71 bits per heavy atom. The van der Waals surface area contributed by atoms with Crippen LogP contribution in [0.5, 0.6) is 0 Å². The largest absolute Gasteiger partial charge is 0.316 e. The van der Waals surface area contributed by atoms with Crippen LogP contribution >= 0.6 is 12.6 Å². The topological polar surface area (TPSA) is 12.0 Å². The molecule has 0 aromatic heterocycles.